The Kier molecular flexibility index (Phi) is 5.77. The molecule has 0 aromatic heterocycles. The molecule has 1 saturated heterocycles. The maximum atomic E-state index is 13.4. The molecule has 2 atom stereocenters. The Balaban J connectivity index is 1.44. The Morgan fingerprint density at radius 3 is 2.00 bits per heavy atom. The molecule has 1 aliphatic heterocycles. The highest BCUT2D eigenvalue weighted by molar-refractivity contribution is 5.80. The van der Waals surface area contributed by atoms with Crippen LogP contribution in [0.4, 0.5) is 0 Å². The third-order valence-electron chi connectivity index (χ3n) is 7.95. The van der Waals surface area contributed by atoms with Gasteiger partial charge < -0.3 is 10.0 Å². The highest BCUT2D eigenvalue weighted by Crippen LogP contribution is 2.48. The van der Waals surface area contributed by atoms with Gasteiger partial charge in [-0.25, -0.2) is 0 Å². The second-order valence-electron chi connectivity index (χ2n) is 9.60. The quantitative estimate of drug-likeness (QED) is 0.795. The van der Waals surface area contributed by atoms with E-state index in [4.69, 9.17) is 0 Å². The first kappa shape index (κ1) is 19.2. The normalized spacial score (nSPS) is 33.1. The number of amides is 1. The number of hydrogen-bond donors (Lipinski definition) is 1. The van der Waals surface area contributed by atoms with Gasteiger partial charge in [-0.1, -0.05) is 44.9 Å². The van der Waals surface area contributed by atoms with E-state index in [1.54, 1.807) is 0 Å². The molecule has 4 fully saturated rings. The van der Waals surface area contributed by atoms with Crippen molar-refractivity contribution in [2.24, 2.45) is 11.3 Å². The van der Waals surface area contributed by atoms with E-state index in [0.29, 0.717) is 25.2 Å². The predicted octanol–water partition coefficient (Wildman–Crippen LogP) is 3.67. The Labute approximate surface area is 163 Å². The number of carboxylic acids is 1. The summed E-state index contributed by atoms with van der Waals surface area (Å²) in [5.41, 5.74) is -0.583. The van der Waals surface area contributed by atoms with Crippen LogP contribution in [0.5, 0.6) is 0 Å². The summed E-state index contributed by atoms with van der Waals surface area (Å²) in [6.07, 6.45) is 15.0. The molecule has 1 N–H and O–H groups in total. The molecular formula is C22H36N2O3. The molecular weight excluding hydrogens is 340 g/mol. The molecule has 0 unspecified atom stereocenters. The lowest BCUT2D eigenvalue weighted by atomic mass is 9.81. The van der Waals surface area contributed by atoms with Crippen LogP contribution in [-0.4, -0.2) is 58.5 Å². The second-order valence-corrected chi connectivity index (χ2v) is 9.60. The maximum absolute atomic E-state index is 13.4. The van der Waals surface area contributed by atoms with Crippen molar-refractivity contribution in [2.75, 3.05) is 19.6 Å². The summed E-state index contributed by atoms with van der Waals surface area (Å²) < 4.78 is 0. The van der Waals surface area contributed by atoms with Gasteiger partial charge >= 0.3 is 5.97 Å². The number of fused-ring (bicyclic) bond motifs is 1. The summed E-state index contributed by atoms with van der Waals surface area (Å²) in [6, 6.07) is 0.842. The van der Waals surface area contributed by atoms with Crippen LogP contribution in [-0.2, 0) is 9.59 Å². The van der Waals surface area contributed by atoms with Gasteiger partial charge in [0, 0.05) is 25.2 Å². The van der Waals surface area contributed by atoms with Gasteiger partial charge in [-0.2, -0.15) is 0 Å². The second kappa shape index (κ2) is 8.10. The summed E-state index contributed by atoms with van der Waals surface area (Å²) in [5, 5.41) is 9.82. The maximum Gasteiger partial charge on any atom is 0.311 e. The van der Waals surface area contributed by atoms with Gasteiger partial charge in [0.25, 0.3) is 0 Å². The minimum atomic E-state index is -0.642. The van der Waals surface area contributed by atoms with Crippen molar-refractivity contribution in [1.29, 1.82) is 0 Å². The monoisotopic (exact) mass is 376 g/mol. The molecule has 5 heteroatoms. The first-order chi connectivity index (χ1) is 13.1. The number of aliphatic carboxylic acids is 1. The number of nitrogens with zero attached hydrogens (tertiary/aromatic N) is 2. The van der Waals surface area contributed by atoms with Gasteiger partial charge in [-0.15, -0.1) is 0 Å². The van der Waals surface area contributed by atoms with E-state index in [-0.39, 0.29) is 11.8 Å². The molecule has 1 heterocycles. The van der Waals surface area contributed by atoms with Crippen molar-refractivity contribution >= 4 is 11.9 Å². The highest BCUT2D eigenvalue weighted by Gasteiger charge is 2.55. The lowest BCUT2D eigenvalue weighted by Crippen LogP contribution is -2.52. The van der Waals surface area contributed by atoms with Crippen molar-refractivity contribution in [3.63, 3.8) is 0 Å². The minimum absolute atomic E-state index is 0.237. The zero-order chi connectivity index (χ0) is 18.9. The smallest absolute Gasteiger partial charge is 0.311 e. The fraction of sp³-hybridized carbons (Fsp3) is 0.909. The Morgan fingerprint density at radius 1 is 0.889 bits per heavy atom. The van der Waals surface area contributed by atoms with E-state index in [2.05, 4.69) is 9.80 Å². The van der Waals surface area contributed by atoms with Crippen molar-refractivity contribution in [1.82, 2.24) is 9.80 Å². The number of carbonyl (C=O) groups is 2. The Bertz CT molecular complexity index is 536. The molecule has 0 radical (unpaired) electrons. The van der Waals surface area contributed by atoms with Crippen molar-refractivity contribution in [3.05, 3.63) is 0 Å². The zero-order valence-corrected chi connectivity index (χ0v) is 16.7. The predicted molar refractivity (Wildman–Crippen MR) is 104 cm³/mol. The minimum Gasteiger partial charge on any atom is -0.481 e. The number of rotatable bonds is 5. The summed E-state index contributed by atoms with van der Waals surface area (Å²) in [4.78, 5) is 29.8. The van der Waals surface area contributed by atoms with E-state index < -0.39 is 11.4 Å². The van der Waals surface area contributed by atoms with Gasteiger partial charge in [0.15, 0.2) is 0 Å². The first-order valence-electron chi connectivity index (χ1n) is 11.4. The van der Waals surface area contributed by atoms with E-state index in [1.165, 1.54) is 38.5 Å². The van der Waals surface area contributed by atoms with Crippen LogP contribution in [0.15, 0.2) is 0 Å². The van der Waals surface area contributed by atoms with Crippen LogP contribution in [0, 0.1) is 11.3 Å². The molecule has 0 bridgehead atoms. The summed E-state index contributed by atoms with van der Waals surface area (Å²) >= 11 is 0. The molecule has 3 saturated carbocycles. The molecule has 4 rings (SSSR count). The van der Waals surface area contributed by atoms with Gasteiger partial charge in [0.2, 0.25) is 5.91 Å². The average molecular weight is 377 g/mol. The van der Waals surface area contributed by atoms with E-state index >= 15 is 0 Å². The molecule has 3 aliphatic carbocycles. The molecule has 4 aliphatic rings. The van der Waals surface area contributed by atoms with Crippen LogP contribution in [0.3, 0.4) is 0 Å². The summed E-state index contributed by atoms with van der Waals surface area (Å²) in [6.45, 7) is 1.79. The van der Waals surface area contributed by atoms with Crippen molar-refractivity contribution in [2.45, 2.75) is 95.6 Å². The molecule has 1 amide bonds. The number of carbonyl (C=O) groups excluding carboxylic acids is 1. The Morgan fingerprint density at radius 2 is 1.48 bits per heavy atom. The lowest BCUT2D eigenvalue weighted by Gasteiger charge is -2.42. The SMILES string of the molecule is O=C(CN1C[C@@H]2CCC[C@@]2(C(=O)O)C1)N(C1CCCCC1)C1CCCCC1. The molecule has 0 aromatic rings. The Hall–Kier alpha value is -1.10. The van der Waals surface area contributed by atoms with E-state index in [9.17, 15) is 14.7 Å². The molecule has 5 nitrogen and oxygen atoms in total. The average Bonchev–Trinajstić information content (AvgIpc) is 3.22. The summed E-state index contributed by atoms with van der Waals surface area (Å²) in [7, 11) is 0. The van der Waals surface area contributed by atoms with Crippen LogP contribution < -0.4 is 0 Å². The lowest BCUT2D eigenvalue weighted by molar-refractivity contribution is -0.150. The highest BCUT2D eigenvalue weighted by atomic mass is 16.4. The fourth-order valence-electron chi connectivity index (χ4n) is 6.56. The fourth-order valence-corrected chi connectivity index (χ4v) is 6.56. The third kappa shape index (κ3) is 3.76. The van der Waals surface area contributed by atoms with Crippen LogP contribution >= 0.6 is 0 Å². The largest absolute Gasteiger partial charge is 0.481 e. The molecule has 0 aromatic carbocycles. The van der Waals surface area contributed by atoms with E-state index in [1.807, 2.05) is 0 Å². The standard InChI is InChI=1S/C22H36N2O3/c25-20(15-23-14-17-8-7-13-22(17,16-23)21(26)27)24(18-9-3-1-4-10-18)19-11-5-2-6-12-19/h17-19H,1-16H2,(H,26,27)/t17-,22+/m0/s1. The summed E-state index contributed by atoms with van der Waals surface area (Å²) in [5.74, 6) is -0.133. The van der Waals surface area contributed by atoms with Crippen molar-refractivity contribution in [3.8, 4) is 0 Å². The molecule has 152 valence electrons. The number of likely N-dealkylation sites (tertiary alicyclic amines) is 1. The van der Waals surface area contributed by atoms with Crippen LogP contribution in [0.25, 0.3) is 0 Å². The number of carboxylic acid groups (broad SMARTS) is 1. The topological polar surface area (TPSA) is 60.9 Å². The van der Waals surface area contributed by atoms with Crippen LogP contribution in [0.1, 0.15) is 83.5 Å². The zero-order valence-electron chi connectivity index (χ0n) is 16.7. The van der Waals surface area contributed by atoms with Gasteiger partial charge in [0.1, 0.15) is 0 Å². The number of hydrogen-bond acceptors (Lipinski definition) is 3. The van der Waals surface area contributed by atoms with Crippen LogP contribution in [0.2, 0.25) is 0 Å². The van der Waals surface area contributed by atoms with E-state index in [0.717, 1.165) is 51.5 Å². The first-order valence-corrected chi connectivity index (χ1v) is 11.4. The molecule has 0 spiro atoms. The van der Waals surface area contributed by atoms with Gasteiger partial charge in [-0.05, 0) is 44.4 Å². The van der Waals surface area contributed by atoms with Gasteiger partial charge in [-0.3, -0.25) is 14.5 Å². The van der Waals surface area contributed by atoms with Gasteiger partial charge in [0.05, 0.1) is 12.0 Å². The molecule has 27 heavy (non-hydrogen) atoms. The van der Waals surface area contributed by atoms with Crippen molar-refractivity contribution < 1.29 is 14.7 Å². The third-order valence-corrected chi connectivity index (χ3v) is 7.95.